The summed E-state index contributed by atoms with van der Waals surface area (Å²) in [6.07, 6.45) is 7.95. The molecular formula is C19H16N2. The number of H-pyrrole nitrogens is 1. The van der Waals surface area contributed by atoms with E-state index >= 15 is 0 Å². The van der Waals surface area contributed by atoms with E-state index in [1.165, 1.54) is 46.1 Å². The van der Waals surface area contributed by atoms with Gasteiger partial charge in [-0.3, -0.25) is 4.99 Å². The number of para-hydroxylation sites is 1. The Morgan fingerprint density at radius 2 is 1.95 bits per heavy atom. The van der Waals surface area contributed by atoms with Crippen molar-refractivity contribution in [1.29, 1.82) is 0 Å². The molecule has 1 aliphatic carbocycles. The largest absolute Gasteiger partial charge is 0.361 e. The molecule has 102 valence electrons. The summed E-state index contributed by atoms with van der Waals surface area (Å²) in [5, 5.41) is 1.29. The maximum Gasteiger partial charge on any atom is 0.0663 e. The fraction of sp³-hybridized carbons (Fsp3) is 0.211. The van der Waals surface area contributed by atoms with Gasteiger partial charge in [-0.05, 0) is 48.6 Å². The molecule has 0 atom stereocenters. The lowest BCUT2D eigenvalue weighted by molar-refractivity contribution is 0.727. The van der Waals surface area contributed by atoms with Crippen molar-refractivity contribution in [3.63, 3.8) is 0 Å². The molecule has 0 saturated heterocycles. The van der Waals surface area contributed by atoms with Crippen LogP contribution < -0.4 is 0 Å². The first-order chi connectivity index (χ1) is 10.4. The van der Waals surface area contributed by atoms with Crippen molar-refractivity contribution in [2.75, 3.05) is 0 Å². The Balaban J connectivity index is 1.73. The highest BCUT2D eigenvalue weighted by molar-refractivity contribution is 5.96. The van der Waals surface area contributed by atoms with E-state index in [2.05, 4.69) is 64.9 Å². The first-order valence-electron chi connectivity index (χ1n) is 7.59. The molecule has 1 saturated carbocycles. The molecule has 3 aromatic rings. The first-order valence-corrected chi connectivity index (χ1v) is 7.59. The number of hydrogen-bond acceptors (Lipinski definition) is 1. The number of aromatic nitrogens is 1. The Labute approximate surface area is 123 Å². The molecule has 1 spiro atoms. The number of fused-ring (bicyclic) bond motifs is 3. The highest BCUT2D eigenvalue weighted by Crippen LogP contribution is 2.55. The van der Waals surface area contributed by atoms with Gasteiger partial charge in [0.25, 0.3) is 0 Å². The Kier molecular flexibility index (Phi) is 2.08. The van der Waals surface area contributed by atoms with Gasteiger partial charge >= 0.3 is 0 Å². The van der Waals surface area contributed by atoms with Gasteiger partial charge in [-0.15, -0.1) is 0 Å². The monoisotopic (exact) mass is 272 g/mol. The fourth-order valence-corrected chi connectivity index (χ4v) is 3.60. The molecule has 1 aliphatic heterocycles. The van der Waals surface area contributed by atoms with E-state index in [-0.39, 0.29) is 0 Å². The summed E-state index contributed by atoms with van der Waals surface area (Å²) in [6, 6.07) is 15.2. The number of nitrogens with one attached hydrogen (secondary N) is 1. The second-order valence-electron chi connectivity index (χ2n) is 6.28. The highest BCUT2D eigenvalue weighted by Gasteiger charge is 2.46. The molecule has 0 unspecified atom stereocenters. The topological polar surface area (TPSA) is 28.1 Å². The second kappa shape index (κ2) is 3.85. The van der Waals surface area contributed by atoms with Crippen LogP contribution in [-0.4, -0.2) is 11.2 Å². The van der Waals surface area contributed by atoms with E-state index in [9.17, 15) is 0 Å². The SMILES string of the molecule is C1=Nc2ccc(-c3c[nH]c4ccccc34)cc2C2(C1)CC2. The summed E-state index contributed by atoms with van der Waals surface area (Å²) in [4.78, 5) is 7.95. The standard InChI is InChI=1S/C19H16N2/c1-2-4-17-14(3-1)15(12-21-17)13-5-6-18-16(11-13)19(7-8-19)9-10-20-18/h1-6,10-12,21H,7-9H2. The van der Waals surface area contributed by atoms with Crippen LogP contribution in [0.15, 0.2) is 53.7 Å². The van der Waals surface area contributed by atoms with Crippen LogP contribution in [0.2, 0.25) is 0 Å². The van der Waals surface area contributed by atoms with Gasteiger partial charge in [0, 0.05) is 34.3 Å². The van der Waals surface area contributed by atoms with Gasteiger partial charge in [0.2, 0.25) is 0 Å². The van der Waals surface area contributed by atoms with E-state index in [1.807, 2.05) is 0 Å². The minimum atomic E-state index is 0.402. The minimum Gasteiger partial charge on any atom is -0.361 e. The lowest BCUT2D eigenvalue weighted by Gasteiger charge is -2.20. The van der Waals surface area contributed by atoms with Crippen LogP contribution >= 0.6 is 0 Å². The van der Waals surface area contributed by atoms with Crippen molar-refractivity contribution in [2.24, 2.45) is 4.99 Å². The molecule has 1 N–H and O–H groups in total. The fourth-order valence-electron chi connectivity index (χ4n) is 3.60. The van der Waals surface area contributed by atoms with Gasteiger partial charge in [-0.2, -0.15) is 0 Å². The van der Waals surface area contributed by atoms with Crippen molar-refractivity contribution in [3.05, 3.63) is 54.2 Å². The van der Waals surface area contributed by atoms with E-state index in [4.69, 9.17) is 0 Å². The number of benzene rings is 2. The summed E-state index contributed by atoms with van der Waals surface area (Å²) in [5.74, 6) is 0. The first kappa shape index (κ1) is 11.3. The molecule has 21 heavy (non-hydrogen) atoms. The lowest BCUT2D eigenvalue weighted by Crippen LogP contribution is -2.11. The Morgan fingerprint density at radius 3 is 2.86 bits per heavy atom. The average Bonchev–Trinajstić information content (AvgIpc) is 3.17. The zero-order valence-corrected chi connectivity index (χ0v) is 11.8. The third-order valence-electron chi connectivity index (χ3n) is 5.03. The molecule has 1 fully saturated rings. The van der Waals surface area contributed by atoms with Crippen molar-refractivity contribution in [2.45, 2.75) is 24.7 Å². The highest BCUT2D eigenvalue weighted by atomic mass is 14.8. The summed E-state index contributed by atoms with van der Waals surface area (Å²) in [5.41, 5.74) is 6.81. The number of aliphatic imine (C=N–C) groups is 1. The minimum absolute atomic E-state index is 0.402. The molecule has 0 radical (unpaired) electrons. The van der Waals surface area contributed by atoms with E-state index < -0.39 is 0 Å². The zero-order valence-electron chi connectivity index (χ0n) is 11.8. The Bertz CT molecular complexity index is 881. The summed E-state index contributed by atoms with van der Waals surface area (Å²) < 4.78 is 0. The number of hydrogen-bond donors (Lipinski definition) is 1. The molecule has 2 heteroatoms. The maximum atomic E-state index is 4.58. The average molecular weight is 272 g/mol. The van der Waals surface area contributed by atoms with Crippen molar-refractivity contribution in [1.82, 2.24) is 4.98 Å². The number of rotatable bonds is 1. The molecule has 2 aliphatic rings. The molecule has 2 aromatic carbocycles. The van der Waals surface area contributed by atoms with Crippen molar-refractivity contribution < 1.29 is 0 Å². The molecule has 0 bridgehead atoms. The molecule has 5 rings (SSSR count). The number of aromatic amines is 1. The smallest absolute Gasteiger partial charge is 0.0663 e. The van der Waals surface area contributed by atoms with Gasteiger partial charge in [0.1, 0.15) is 0 Å². The van der Waals surface area contributed by atoms with Crippen LogP contribution in [0, 0.1) is 0 Å². The number of nitrogens with zero attached hydrogens (tertiary/aromatic N) is 1. The van der Waals surface area contributed by atoms with Gasteiger partial charge in [-0.1, -0.05) is 24.3 Å². The second-order valence-corrected chi connectivity index (χ2v) is 6.28. The Morgan fingerprint density at radius 1 is 1.05 bits per heavy atom. The lowest BCUT2D eigenvalue weighted by atomic mass is 9.87. The van der Waals surface area contributed by atoms with Crippen molar-refractivity contribution >= 4 is 22.8 Å². The van der Waals surface area contributed by atoms with Crippen LogP contribution in [0.1, 0.15) is 24.8 Å². The summed E-state index contributed by atoms with van der Waals surface area (Å²) >= 11 is 0. The third kappa shape index (κ3) is 1.56. The van der Waals surface area contributed by atoms with Crippen LogP contribution in [0.5, 0.6) is 0 Å². The third-order valence-corrected chi connectivity index (χ3v) is 5.03. The van der Waals surface area contributed by atoms with Crippen LogP contribution in [-0.2, 0) is 5.41 Å². The summed E-state index contributed by atoms with van der Waals surface area (Å²) in [6.45, 7) is 0. The summed E-state index contributed by atoms with van der Waals surface area (Å²) in [7, 11) is 0. The van der Waals surface area contributed by atoms with Crippen molar-refractivity contribution in [3.8, 4) is 11.1 Å². The quantitative estimate of drug-likeness (QED) is 0.647. The van der Waals surface area contributed by atoms with Crippen LogP contribution in [0.25, 0.3) is 22.0 Å². The molecule has 2 heterocycles. The van der Waals surface area contributed by atoms with Crippen LogP contribution in [0.4, 0.5) is 5.69 Å². The van der Waals surface area contributed by atoms with E-state index in [0.717, 1.165) is 6.42 Å². The molecule has 0 amide bonds. The predicted octanol–water partition coefficient (Wildman–Crippen LogP) is 4.97. The predicted molar refractivity (Wildman–Crippen MR) is 87.4 cm³/mol. The molecule has 2 nitrogen and oxygen atoms in total. The Hall–Kier alpha value is -2.35. The molecule has 1 aromatic heterocycles. The van der Waals surface area contributed by atoms with Gasteiger partial charge < -0.3 is 4.98 Å². The van der Waals surface area contributed by atoms with Gasteiger partial charge in [0.15, 0.2) is 0 Å². The van der Waals surface area contributed by atoms with Gasteiger partial charge in [-0.25, -0.2) is 0 Å². The molecular weight excluding hydrogens is 256 g/mol. The normalized spacial score (nSPS) is 18.1. The maximum absolute atomic E-state index is 4.58. The van der Waals surface area contributed by atoms with Crippen LogP contribution in [0.3, 0.4) is 0 Å². The van der Waals surface area contributed by atoms with Gasteiger partial charge in [0.05, 0.1) is 5.69 Å². The van der Waals surface area contributed by atoms with E-state index in [0.29, 0.717) is 5.41 Å². The zero-order chi connectivity index (χ0) is 13.9. The van der Waals surface area contributed by atoms with E-state index in [1.54, 1.807) is 0 Å².